The topological polar surface area (TPSA) is 29.1 Å². The molecule has 2 aromatic carbocycles. The Labute approximate surface area is 134 Å². The Morgan fingerprint density at radius 1 is 0.905 bits per heavy atom. The predicted molar refractivity (Wildman–Crippen MR) is 91.9 cm³/mol. The minimum absolute atomic E-state index is 0.0826. The Bertz CT molecular complexity index is 551. The second kappa shape index (κ2) is 8.63. The third-order valence-electron chi connectivity index (χ3n) is 3.33. The molecule has 0 saturated heterocycles. The van der Waals surface area contributed by atoms with E-state index in [0.717, 1.165) is 30.3 Å². The zero-order valence-corrected chi connectivity index (χ0v) is 13.6. The van der Waals surface area contributed by atoms with Crippen LogP contribution in [0.15, 0.2) is 54.6 Å². The van der Waals surface area contributed by atoms with Crippen LogP contribution in [0.4, 0.5) is 5.69 Å². The van der Waals surface area contributed by atoms with Gasteiger partial charge in [-0.2, -0.15) is 0 Å². The molecule has 0 saturated carbocycles. The normalized spacial score (nSPS) is 10.3. The number of hydrogen-bond acceptors (Lipinski definition) is 1. The van der Waals surface area contributed by atoms with Gasteiger partial charge in [-0.05, 0) is 42.5 Å². The zero-order valence-electron chi connectivity index (χ0n) is 12.0. The number of benzene rings is 2. The summed E-state index contributed by atoms with van der Waals surface area (Å²) in [6.45, 7) is 0. The van der Waals surface area contributed by atoms with Gasteiger partial charge in [-0.3, -0.25) is 4.79 Å². The van der Waals surface area contributed by atoms with E-state index in [-0.39, 0.29) is 5.91 Å². The fourth-order valence-electron chi connectivity index (χ4n) is 2.19. The highest BCUT2D eigenvalue weighted by atomic mass is 79.9. The van der Waals surface area contributed by atoms with E-state index in [1.54, 1.807) is 0 Å². The van der Waals surface area contributed by atoms with Gasteiger partial charge in [0.2, 0.25) is 5.91 Å². The van der Waals surface area contributed by atoms with Gasteiger partial charge >= 0.3 is 0 Å². The molecule has 0 fully saturated rings. The molecule has 1 N–H and O–H groups in total. The third-order valence-corrected chi connectivity index (χ3v) is 3.73. The van der Waals surface area contributed by atoms with Crippen molar-refractivity contribution in [2.45, 2.75) is 25.7 Å². The van der Waals surface area contributed by atoms with Crippen molar-refractivity contribution in [1.82, 2.24) is 0 Å². The second-order valence-electron chi connectivity index (χ2n) is 5.02. The SMILES string of the molecule is O=C(CCCc1ccccc1)Nc1ccc(CCBr)cc1. The lowest BCUT2D eigenvalue weighted by molar-refractivity contribution is -0.116. The molecular weight excluding hydrogens is 326 g/mol. The molecule has 0 aliphatic carbocycles. The van der Waals surface area contributed by atoms with E-state index in [1.165, 1.54) is 11.1 Å². The van der Waals surface area contributed by atoms with E-state index in [9.17, 15) is 4.79 Å². The molecule has 2 rings (SSSR count). The first-order valence-corrected chi connectivity index (χ1v) is 8.39. The Balaban J connectivity index is 1.74. The van der Waals surface area contributed by atoms with Crippen molar-refractivity contribution < 1.29 is 4.79 Å². The van der Waals surface area contributed by atoms with Gasteiger partial charge in [0.1, 0.15) is 0 Å². The maximum Gasteiger partial charge on any atom is 0.224 e. The second-order valence-corrected chi connectivity index (χ2v) is 5.82. The van der Waals surface area contributed by atoms with Crippen molar-refractivity contribution in [2.24, 2.45) is 0 Å². The molecule has 2 aromatic rings. The van der Waals surface area contributed by atoms with Gasteiger partial charge in [-0.25, -0.2) is 0 Å². The summed E-state index contributed by atoms with van der Waals surface area (Å²) in [5.41, 5.74) is 3.43. The maximum atomic E-state index is 11.9. The van der Waals surface area contributed by atoms with Crippen LogP contribution in [0, 0.1) is 0 Å². The largest absolute Gasteiger partial charge is 0.326 e. The molecule has 21 heavy (non-hydrogen) atoms. The number of nitrogens with one attached hydrogen (secondary N) is 1. The fourth-order valence-corrected chi connectivity index (χ4v) is 2.64. The summed E-state index contributed by atoms with van der Waals surface area (Å²) >= 11 is 3.42. The van der Waals surface area contributed by atoms with Crippen LogP contribution in [0.1, 0.15) is 24.0 Å². The molecule has 1 amide bonds. The zero-order chi connectivity index (χ0) is 14.9. The number of carbonyl (C=O) groups is 1. The van der Waals surface area contributed by atoms with Crippen LogP contribution in [0.3, 0.4) is 0 Å². The van der Waals surface area contributed by atoms with Crippen molar-refractivity contribution in [3.63, 3.8) is 0 Å². The van der Waals surface area contributed by atoms with Gasteiger partial charge in [0, 0.05) is 17.4 Å². The molecule has 0 radical (unpaired) electrons. The van der Waals surface area contributed by atoms with E-state index in [4.69, 9.17) is 0 Å². The van der Waals surface area contributed by atoms with Crippen molar-refractivity contribution in [3.05, 3.63) is 65.7 Å². The number of amides is 1. The fraction of sp³-hybridized carbons (Fsp3) is 0.278. The number of halogens is 1. The molecule has 110 valence electrons. The summed E-state index contributed by atoms with van der Waals surface area (Å²) in [4.78, 5) is 11.9. The van der Waals surface area contributed by atoms with Crippen LogP contribution in [0.25, 0.3) is 0 Å². The highest BCUT2D eigenvalue weighted by Gasteiger charge is 2.03. The Kier molecular flexibility index (Phi) is 6.48. The lowest BCUT2D eigenvalue weighted by atomic mass is 10.1. The van der Waals surface area contributed by atoms with Crippen molar-refractivity contribution in [2.75, 3.05) is 10.6 Å². The van der Waals surface area contributed by atoms with Crippen molar-refractivity contribution >= 4 is 27.5 Å². The van der Waals surface area contributed by atoms with E-state index in [0.29, 0.717) is 6.42 Å². The van der Waals surface area contributed by atoms with Crippen LogP contribution >= 0.6 is 15.9 Å². The van der Waals surface area contributed by atoms with Crippen LogP contribution in [0.2, 0.25) is 0 Å². The van der Waals surface area contributed by atoms with Gasteiger partial charge in [-0.15, -0.1) is 0 Å². The summed E-state index contributed by atoms with van der Waals surface area (Å²) in [6.07, 6.45) is 3.37. The molecule has 0 heterocycles. The Morgan fingerprint density at radius 3 is 2.24 bits per heavy atom. The monoisotopic (exact) mass is 345 g/mol. The highest BCUT2D eigenvalue weighted by Crippen LogP contribution is 2.12. The average molecular weight is 346 g/mol. The number of carbonyl (C=O) groups excluding carboxylic acids is 1. The van der Waals surface area contributed by atoms with Gasteiger partial charge in [-0.1, -0.05) is 58.4 Å². The summed E-state index contributed by atoms with van der Waals surface area (Å²) < 4.78 is 0. The van der Waals surface area contributed by atoms with Gasteiger partial charge in [0.15, 0.2) is 0 Å². The van der Waals surface area contributed by atoms with Gasteiger partial charge < -0.3 is 5.32 Å². The molecule has 0 atom stereocenters. The van der Waals surface area contributed by atoms with Gasteiger partial charge in [0.05, 0.1) is 0 Å². The lowest BCUT2D eigenvalue weighted by Gasteiger charge is -2.06. The number of rotatable bonds is 7. The minimum Gasteiger partial charge on any atom is -0.326 e. The smallest absolute Gasteiger partial charge is 0.224 e. The van der Waals surface area contributed by atoms with Crippen LogP contribution in [0.5, 0.6) is 0 Å². The summed E-state index contributed by atoms with van der Waals surface area (Å²) in [5, 5.41) is 3.90. The lowest BCUT2D eigenvalue weighted by Crippen LogP contribution is -2.11. The number of alkyl halides is 1. The Hall–Kier alpha value is -1.61. The Morgan fingerprint density at radius 2 is 1.57 bits per heavy atom. The molecule has 3 heteroatoms. The van der Waals surface area contributed by atoms with Crippen LogP contribution in [-0.2, 0) is 17.6 Å². The van der Waals surface area contributed by atoms with E-state index in [1.807, 2.05) is 30.3 Å². The summed E-state index contributed by atoms with van der Waals surface area (Å²) in [5.74, 6) is 0.0826. The number of anilines is 1. The number of hydrogen-bond donors (Lipinski definition) is 1. The molecular formula is C18H20BrNO. The molecule has 0 aliphatic rings. The minimum atomic E-state index is 0.0826. The molecule has 0 bridgehead atoms. The molecule has 2 nitrogen and oxygen atoms in total. The van der Waals surface area contributed by atoms with E-state index < -0.39 is 0 Å². The van der Waals surface area contributed by atoms with Gasteiger partial charge in [0.25, 0.3) is 0 Å². The molecule has 0 spiro atoms. The molecule has 0 unspecified atom stereocenters. The first-order valence-electron chi connectivity index (χ1n) is 7.26. The predicted octanol–water partition coefficient (Wildman–Crippen LogP) is 4.59. The maximum absolute atomic E-state index is 11.9. The highest BCUT2D eigenvalue weighted by molar-refractivity contribution is 9.09. The first kappa shape index (κ1) is 15.8. The van der Waals surface area contributed by atoms with Crippen LogP contribution in [-0.4, -0.2) is 11.2 Å². The third kappa shape index (κ3) is 5.72. The van der Waals surface area contributed by atoms with Crippen molar-refractivity contribution in [3.8, 4) is 0 Å². The summed E-state index contributed by atoms with van der Waals surface area (Å²) in [6, 6.07) is 18.3. The number of aryl methyl sites for hydroxylation is 2. The molecule has 0 aromatic heterocycles. The quantitative estimate of drug-likeness (QED) is 0.730. The van der Waals surface area contributed by atoms with Crippen LogP contribution < -0.4 is 5.32 Å². The van der Waals surface area contributed by atoms with Crippen molar-refractivity contribution in [1.29, 1.82) is 0 Å². The first-order chi connectivity index (χ1) is 10.3. The average Bonchev–Trinajstić information content (AvgIpc) is 2.51. The van der Waals surface area contributed by atoms with E-state index >= 15 is 0 Å². The van der Waals surface area contributed by atoms with E-state index in [2.05, 4.69) is 45.5 Å². The standard InChI is InChI=1S/C18H20BrNO/c19-14-13-16-9-11-17(12-10-16)20-18(21)8-4-7-15-5-2-1-3-6-15/h1-3,5-6,9-12H,4,7-8,13-14H2,(H,20,21). The molecule has 0 aliphatic heterocycles. The summed E-state index contributed by atoms with van der Waals surface area (Å²) in [7, 11) is 0.